The number of carbonyl (C=O) groups excluding carboxylic acids is 3. The highest BCUT2D eigenvalue weighted by Gasteiger charge is 2.23. The van der Waals surface area contributed by atoms with Gasteiger partial charge >= 0.3 is 11.9 Å². The van der Waals surface area contributed by atoms with Gasteiger partial charge in [-0.1, -0.05) is 11.8 Å². The molecule has 40 heavy (non-hydrogen) atoms. The first-order valence-electron chi connectivity index (χ1n) is 13.4. The fraction of sp³-hybridized carbons (Fsp3) is 0.367. The molecule has 10 heteroatoms. The number of hydrogen-bond acceptors (Lipinski definition) is 9. The molecule has 1 aliphatic rings. The lowest BCUT2D eigenvalue weighted by atomic mass is 9.97. The molecule has 5 rings (SSSR count). The van der Waals surface area contributed by atoms with Gasteiger partial charge in [-0.05, 0) is 83.2 Å². The monoisotopic (exact) mass is 577 g/mol. The summed E-state index contributed by atoms with van der Waals surface area (Å²) in [6.07, 6.45) is 6.07. The Kier molecular flexibility index (Phi) is 8.37. The predicted octanol–water partition coefficient (Wildman–Crippen LogP) is 6.31. The molecule has 1 aliphatic carbocycles. The van der Waals surface area contributed by atoms with E-state index in [0.717, 1.165) is 45.9 Å². The van der Waals surface area contributed by atoms with Gasteiger partial charge in [-0.2, -0.15) is 0 Å². The first-order valence-corrected chi connectivity index (χ1v) is 15.2. The number of ether oxygens (including phenoxy) is 2. The summed E-state index contributed by atoms with van der Waals surface area (Å²) in [5, 5.41) is 1.96. The molecule has 0 spiro atoms. The molecule has 3 heterocycles. The largest absolute Gasteiger partial charge is 0.462 e. The number of fused-ring (bicyclic) bond motifs is 3. The number of ketones is 1. The Morgan fingerprint density at radius 1 is 0.950 bits per heavy atom. The van der Waals surface area contributed by atoms with Crippen molar-refractivity contribution in [3.05, 3.63) is 69.1 Å². The van der Waals surface area contributed by atoms with Gasteiger partial charge in [0.2, 0.25) is 0 Å². The van der Waals surface area contributed by atoms with E-state index in [4.69, 9.17) is 9.47 Å². The van der Waals surface area contributed by atoms with Crippen LogP contribution in [0.15, 0.2) is 35.6 Å². The molecule has 208 valence electrons. The van der Waals surface area contributed by atoms with Crippen molar-refractivity contribution < 1.29 is 23.9 Å². The SMILES string of the molecule is CCOC(=O)c1cc(C(=O)OCC)cc(-n2c(C)cc(C(=O)CSc3ncnc4sc5c(c34)CCCC5)c2C)c1. The Morgan fingerprint density at radius 3 is 2.30 bits per heavy atom. The van der Waals surface area contributed by atoms with E-state index >= 15 is 0 Å². The summed E-state index contributed by atoms with van der Waals surface area (Å²) in [6.45, 7) is 7.63. The smallest absolute Gasteiger partial charge is 0.338 e. The third-order valence-electron chi connectivity index (χ3n) is 6.99. The van der Waals surface area contributed by atoms with Gasteiger partial charge in [0.05, 0.1) is 30.1 Å². The van der Waals surface area contributed by atoms with Crippen molar-refractivity contribution in [2.75, 3.05) is 19.0 Å². The Morgan fingerprint density at radius 2 is 1.62 bits per heavy atom. The van der Waals surface area contributed by atoms with Crippen LogP contribution in [0.2, 0.25) is 0 Å². The zero-order valence-corrected chi connectivity index (χ0v) is 24.7. The molecular weight excluding hydrogens is 546 g/mol. The maximum Gasteiger partial charge on any atom is 0.338 e. The lowest BCUT2D eigenvalue weighted by Gasteiger charge is -2.14. The highest BCUT2D eigenvalue weighted by Crippen LogP contribution is 2.39. The number of benzene rings is 1. The summed E-state index contributed by atoms with van der Waals surface area (Å²) in [5.41, 5.74) is 4.52. The highest BCUT2D eigenvalue weighted by atomic mass is 32.2. The standard InChI is InChI=1S/C30H31N3O5S2/c1-5-37-29(35)19-12-20(30(36)38-6-2)14-21(13-19)33-17(3)11-23(18(33)4)24(34)15-39-27-26-22-9-7-8-10-25(22)40-28(26)32-16-31-27/h11-14,16H,5-10,15H2,1-4H3. The van der Waals surface area contributed by atoms with Crippen molar-refractivity contribution in [2.24, 2.45) is 0 Å². The molecule has 3 aromatic heterocycles. The van der Waals surface area contributed by atoms with Crippen molar-refractivity contribution in [1.29, 1.82) is 0 Å². The number of thiophene rings is 1. The normalized spacial score (nSPS) is 12.8. The average molecular weight is 578 g/mol. The fourth-order valence-corrected chi connectivity index (χ4v) is 7.43. The van der Waals surface area contributed by atoms with Crippen LogP contribution >= 0.6 is 23.1 Å². The molecule has 0 fully saturated rings. The zero-order chi connectivity index (χ0) is 28.4. The molecule has 0 N–H and O–H groups in total. The van der Waals surface area contributed by atoms with Crippen LogP contribution in [0.5, 0.6) is 0 Å². The topological polar surface area (TPSA) is 100 Å². The van der Waals surface area contributed by atoms with Crippen molar-refractivity contribution in [3.8, 4) is 5.69 Å². The fourth-order valence-electron chi connectivity index (χ4n) is 5.23. The Balaban J connectivity index is 1.45. The van der Waals surface area contributed by atoms with E-state index < -0.39 is 11.9 Å². The van der Waals surface area contributed by atoms with Crippen molar-refractivity contribution in [3.63, 3.8) is 0 Å². The Labute approximate surface area is 241 Å². The van der Waals surface area contributed by atoms with E-state index in [9.17, 15) is 14.4 Å². The van der Waals surface area contributed by atoms with Gasteiger partial charge in [0.25, 0.3) is 0 Å². The van der Waals surface area contributed by atoms with Gasteiger partial charge in [-0.3, -0.25) is 4.79 Å². The number of aromatic nitrogens is 3. The van der Waals surface area contributed by atoms with Crippen LogP contribution in [0, 0.1) is 13.8 Å². The van der Waals surface area contributed by atoms with Crippen LogP contribution in [0.25, 0.3) is 15.9 Å². The molecule has 0 saturated heterocycles. The first-order chi connectivity index (χ1) is 19.3. The molecule has 0 atom stereocenters. The predicted molar refractivity (Wildman–Crippen MR) is 156 cm³/mol. The van der Waals surface area contributed by atoms with Gasteiger partial charge in [-0.25, -0.2) is 19.6 Å². The minimum Gasteiger partial charge on any atom is -0.462 e. The van der Waals surface area contributed by atoms with Crippen LogP contribution in [0.3, 0.4) is 0 Å². The number of nitrogens with zero attached hydrogens (tertiary/aromatic N) is 3. The van der Waals surface area contributed by atoms with Crippen LogP contribution in [0.4, 0.5) is 0 Å². The summed E-state index contributed by atoms with van der Waals surface area (Å²) in [7, 11) is 0. The molecule has 0 unspecified atom stereocenters. The van der Waals surface area contributed by atoms with E-state index in [1.54, 1.807) is 43.6 Å². The molecule has 0 amide bonds. The van der Waals surface area contributed by atoms with Gasteiger partial charge < -0.3 is 14.0 Å². The first kappa shape index (κ1) is 28.0. The highest BCUT2D eigenvalue weighted by molar-refractivity contribution is 8.00. The number of esters is 2. The number of rotatable bonds is 9. The molecule has 8 nitrogen and oxygen atoms in total. The number of Topliss-reactive ketones (excluding diaryl/α,β-unsaturated/α-hetero) is 1. The van der Waals surface area contributed by atoms with Gasteiger partial charge in [0.1, 0.15) is 16.2 Å². The average Bonchev–Trinajstić information content (AvgIpc) is 3.48. The minimum absolute atomic E-state index is 0.0210. The van der Waals surface area contributed by atoms with Crippen LogP contribution in [-0.2, 0) is 22.3 Å². The molecule has 1 aromatic carbocycles. The lowest BCUT2D eigenvalue weighted by molar-refractivity contribution is 0.0525. The van der Waals surface area contributed by atoms with E-state index in [1.165, 1.54) is 34.7 Å². The van der Waals surface area contributed by atoms with Gasteiger partial charge in [0.15, 0.2) is 5.78 Å². The van der Waals surface area contributed by atoms with Crippen LogP contribution < -0.4 is 0 Å². The zero-order valence-electron chi connectivity index (χ0n) is 23.0. The third-order valence-corrected chi connectivity index (χ3v) is 9.18. The van der Waals surface area contributed by atoms with Gasteiger partial charge in [0, 0.05) is 32.9 Å². The number of hydrogen-bond donors (Lipinski definition) is 0. The molecule has 0 saturated carbocycles. The molecule has 4 aromatic rings. The summed E-state index contributed by atoms with van der Waals surface area (Å²) >= 11 is 3.19. The minimum atomic E-state index is -0.531. The molecule has 0 aliphatic heterocycles. The quantitative estimate of drug-likeness (QED) is 0.0988. The number of aryl methyl sites for hydroxylation is 3. The molecular formula is C30H31N3O5S2. The summed E-state index contributed by atoms with van der Waals surface area (Å²) in [5.74, 6) is -0.848. The van der Waals surface area contributed by atoms with Gasteiger partial charge in [-0.15, -0.1) is 11.3 Å². The summed E-state index contributed by atoms with van der Waals surface area (Å²) in [6, 6.07) is 6.66. The van der Waals surface area contributed by atoms with Crippen molar-refractivity contribution >= 4 is 51.0 Å². The van der Waals surface area contributed by atoms with Crippen molar-refractivity contribution in [2.45, 2.75) is 58.4 Å². The Hall–Kier alpha value is -3.50. The molecule has 0 radical (unpaired) electrons. The second-order valence-electron chi connectivity index (χ2n) is 9.61. The van der Waals surface area contributed by atoms with E-state index in [1.807, 2.05) is 24.5 Å². The second kappa shape index (κ2) is 11.9. The summed E-state index contributed by atoms with van der Waals surface area (Å²) < 4.78 is 12.2. The maximum atomic E-state index is 13.5. The lowest BCUT2D eigenvalue weighted by Crippen LogP contribution is -2.12. The van der Waals surface area contributed by atoms with E-state index in [-0.39, 0.29) is 35.9 Å². The summed E-state index contributed by atoms with van der Waals surface area (Å²) in [4.78, 5) is 50.1. The second-order valence-corrected chi connectivity index (χ2v) is 11.7. The third kappa shape index (κ3) is 5.42. The van der Waals surface area contributed by atoms with Crippen molar-refractivity contribution in [1.82, 2.24) is 14.5 Å². The van der Waals surface area contributed by atoms with Crippen LogP contribution in [-0.4, -0.2) is 51.2 Å². The van der Waals surface area contributed by atoms with E-state index in [0.29, 0.717) is 11.3 Å². The van der Waals surface area contributed by atoms with Crippen LogP contribution in [0.1, 0.15) is 79.6 Å². The number of thioether (sulfide) groups is 1. The Bertz CT molecular complexity index is 1590. The number of carbonyl (C=O) groups is 3. The molecule has 0 bridgehead atoms. The van der Waals surface area contributed by atoms with E-state index in [2.05, 4.69) is 9.97 Å². The maximum absolute atomic E-state index is 13.5.